The summed E-state index contributed by atoms with van der Waals surface area (Å²) in [6.45, 7) is 0. The number of halogens is 1. The Labute approximate surface area is 82.0 Å². The molecule has 1 nitrogen and oxygen atoms in total. The number of benzene rings is 1. The van der Waals surface area contributed by atoms with Crippen LogP contribution >= 0.6 is 12.2 Å². The van der Waals surface area contributed by atoms with Gasteiger partial charge in [-0.25, -0.2) is 4.39 Å². The Morgan fingerprint density at radius 2 is 2.15 bits per heavy atom. The zero-order valence-electron chi connectivity index (χ0n) is 7.14. The van der Waals surface area contributed by atoms with Crippen molar-refractivity contribution in [2.75, 3.05) is 5.32 Å². The smallest absolute Gasteiger partial charge is 0.128 e. The van der Waals surface area contributed by atoms with Crippen molar-refractivity contribution in [3.8, 4) is 0 Å². The summed E-state index contributed by atoms with van der Waals surface area (Å²) < 4.78 is 13.3. The van der Waals surface area contributed by atoms with Crippen molar-refractivity contribution in [1.82, 2.24) is 0 Å². The van der Waals surface area contributed by atoms with Gasteiger partial charge in [0.1, 0.15) is 5.82 Å². The van der Waals surface area contributed by atoms with Crippen LogP contribution in [-0.2, 0) is 6.42 Å². The number of hydrogen-bond donors (Lipinski definition) is 1. The molecule has 0 bridgehead atoms. The highest BCUT2D eigenvalue weighted by Crippen LogP contribution is 2.24. The third kappa shape index (κ3) is 1.70. The first kappa shape index (κ1) is 8.63. The molecule has 0 fully saturated rings. The van der Waals surface area contributed by atoms with E-state index in [1.54, 1.807) is 6.07 Å². The summed E-state index contributed by atoms with van der Waals surface area (Å²) in [5.41, 5.74) is 1.60. The standard InChI is InChI=1S/C10H10FNS/c11-8-4-2-5-9-7(8)3-1-6-10(13)12-9/h2,4-5H,1,3,6H2,(H,12,13). The fraction of sp³-hybridized carbons (Fsp3) is 0.300. The molecule has 0 saturated heterocycles. The van der Waals surface area contributed by atoms with Crippen LogP contribution in [0.3, 0.4) is 0 Å². The minimum atomic E-state index is -0.130. The lowest BCUT2D eigenvalue weighted by Gasteiger charge is -2.07. The summed E-state index contributed by atoms with van der Waals surface area (Å²) in [5, 5.41) is 3.05. The van der Waals surface area contributed by atoms with Gasteiger partial charge in [0.05, 0.1) is 4.99 Å². The molecule has 0 spiro atoms. The Hall–Kier alpha value is -0.960. The van der Waals surface area contributed by atoms with Crippen molar-refractivity contribution in [2.24, 2.45) is 0 Å². The Balaban J connectivity index is 2.45. The van der Waals surface area contributed by atoms with Gasteiger partial charge in [-0.1, -0.05) is 18.3 Å². The van der Waals surface area contributed by atoms with Crippen LogP contribution in [0.15, 0.2) is 18.2 Å². The number of fused-ring (bicyclic) bond motifs is 1. The summed E-state index contributed by atoms with van der Waals surface area (Å²) in [5.74, 6) is -0.130. The van der Waals surface area contributed by atoms with Gasteiger partial charge in [0.2, 0.25) is 0 Å². The van der Waals surface area contributed by atoms with Gasteiger partial charge >= 0.3 is 0 Å². The molecular formula is C10H10FNS. The van der Waals surface area contributed by atoms with E-state index in [-0.39, 0.29) is 5.82 Å². The van der Waals surface area contributed by atoms with E-state index in [4.69, 9.17) is 12.2 Å². The molecule has 0 saturated carbocycles. The van der Waals surface area contributed by atoms with Gasteiger partial charge in [0.25, 0.3) is 0 Å². The van der Waals surface area contributed by atoms with Crippen LogP contribution in [0.2, 0.25) is 0 Å². The third-order valence-corrected chi connectivity index (χ3v) is 2.53. The lowest BCUT2D eigenvalue weighted by atomic mass is 10.1. The molecule has 0 unspecified atom stereocenters. The maximum atomic E-state index is 13.3. The molecule has 0 amide bonds. The van der Waals surface area contributed by atoms with Gasteiger partial charge < -0.3 is 5.32 Å². The number of rotatable bonds is 0. The predicted octanol–water partition coefficient (Wildman–Crippen LogP) is 2.90. The molecule has 0 aromatic heterocycles. The van der Waals surface area contributed by atoms with E-state index in [0.29, 0.717) is 0 Å². The highest BCUT2D eigenvalue weighted by atomic mass is 32.1. The molecule has 1 N–H and O–H groups in total. The van der Waals surface area contributed by atoms with Gasteiger partial charge in [-0.3, -0.25) is 0 Å². The molecule has 1 aliphatic heterocycles. The molecule has 68 valence electrons. The first-order chi connectivity index (χ1) is 6.27. The van der Waals surface area contributed by atoms with Crippen LogP contribution in [0, 0.1) is 5.82 Å². The largest absolute Gasteiger partial charge is 0.350 e. The zero-order valence-corrected chi connectivity index (χ0v) is 7.96. The highest BCUT2D eigenvalue weighted by Gasteiger charge is 2.13. The van der Waals surface area contributed by atoms with Crippen molar-refractivity contribution in [2.45, 2.75) is 19.3 Å². The van der Waals surface area contributed by atoms with Crippen LogP contribution < -0.4 is 5.32 Å². The summed E-state index contributed by atoms with van der Waals surface area (Å²) in [6.07, 6.45) is 2.55. The first-order valence-corrected chi connectivity index (χ1v) is 4.75. The number of anilines is 1. The van der Waals surface area contributed by atoms with Crippen LogP contribution in [0.1, 0.15) is 18.4 Å². The van der Waals surface area contributed by atoms with E-state index in [1.807, 2.05) is 6.07 Å². The summed E-state index contributed by atoms with van der Waals surface area (Å²) in [7, 11) is 0. The van der Waals surface area contributed by atoms with Crippen molar-refractivity contribution >= 4 is 22.9 Å². The Morgan fingerprint density at radius 3 is 3.00 bits per heavy atom. The van der Waals surface area contributed by atoms with E-state index in [2.05, 4.69) is 5.32 Å². The highest BCUT2D eigenvalue weighted by molar-refractivity contribution is 7.80. The predicted molar refractivity (Wildman–Crippen MR) is 55.6 cm³/mol. The quantitative estimate of drug-likeness (QED) is 0.639. The maximum absolute atomic E-state index is 13.3. The van der Waals surface area contributed by atoms with E-state index in [1.165, 1.54) is 6.07 Å². The second kappa shape index (κ2) is 3.42. The normalized spacial score (nSPS) is 15.9. The van der Waals surface area contributed by atoms with Crippen LogP contribution in [0.5, 0.6) is 0 Å². The molecule has 3 heteroatoms. The molecule has 0 aliphatic carbocycles. The van der Waals surface area contributed by atoms with E-state index < -0.39 is 0 Å². The summed E-state index contributed by atoms with van der Waals surface area (Å²) >= 11 is 5.08. The maximum Gasteiger partial charge on any atom is 0.128 e. The Morgan fingerprint density at radius 1 is 1.31 bits per heavy atom. The molecule has 2 rings (SSSR count). The SMILES string of the molecule is Fc1cccc2c1CCCC(=S)N2. The van der Waals surface area contributed by atoms with Crippen molar-refractivity contribution in [3.63, 3.8) is 0 Å². The fourth-order valence-electron chi connectivity index (χ4n) is 1.57. The van der Waals surface area contributed by atoms with Crippen LogP contribution in [0.25, 0.3) is 0 Å². The Kier molecular flexibility index (Phi) is 2.27. The van der Waals surface area contributed by atoms with Crippen LogP contribution in [0.4, 0.5) is 10.1 Å². The minimum absolute atomic E-state index is 0.130. The number of thiocarbonyl (C=S) groups is 1. The molecule has 1 aliphatic rings. The molecule has 0 atom stereocenters. The lowest BCUT2D eigenvalue weighted by molar-refractivity contribution is 0.608. The fourth-order valence-corrected chi connectivity index (χ4v) is 1.82. The van der Waals surface area contributed by atoms with Crippen molar-refractivity contribution in [3.05, 3.63) is 29.6 Å². The van der Waals surface area contributed by atoms with Gasteiger partial charge in [0.15, 0.2) is 0 Å². The number of nitrogens with one attached hydrogen (secondary N) is 1. The molecule has 0 radical (unpaired) electrons. The Bertz CT molecular complexity index is 349. The van der Waals surface area contributed by atoms with E-state index in [9.17, 15) is 4.39 Å². The summed E-state index contributed by atoms with van der Waals surface area (Å²) in [6, 6.07) is 5.07. The van der Waals surface area contributed by atoms with Gasteiger partial charge in [-0.2, -0.15) is 0 Å². The first-order valence-electron chi connectivity index (χ1n) is 4.34. The minimum Gasteiger partial charge on any atom is -0.350 e. The molecular weight excluding hydrogens is 185 g/mol. The molecule has 1 aromatic carbocycles. The summed E-state index contributed by atoms with van der Waals surface area (Å²) in [4.78, 5) is 0.810. The van der Waals surface area contributed by atoms with Crippen molar-refractivity contribution in [1.29, 1.82) is 0 Å². The van der Waals surface area contributed by atoms with Gasteiger partial charge in [-0.05, 0) is 31.4 Å². The van der Waals surface area contributed by atoms with E-state index in [0.717, 1.165) is 35.5 Å². The molecule has 13 heavy (non-hydrogen) atoms. The average molecular weight is 195 g/mol. The topological polar surface area (TPSA) is 12.0 Å². The molecule has 1 aromatic rings. The lowest BCUT2D eigenvalue weighted by Crippen LogP contribution is -2.06. The number of hydrogen-bond acceptors (Lipinski definition) is 1. The zero-order chi connectivity index (χ0) is 9.26. The average Bonchev–Trinajstić information content (AvgIpc) is 2.27. The monoisotopic (exact) mass is 195 g/mol. The van der Waals surface area contributed by atoms with Gasteiger partial charge in [0, 0.05) is 11.3 Å². The van der Waals surface area contributed by atoms with Gasteiger partial charge in [-0.15, -0.1) is 0 Å². The van der Waals surface area contributed by atoms with E-state index >= 15 is 0 Å². The van der Waals surface area contributed by atoms with Crippen LogP contribution in [-0.4, -0.2) is 4.99 Å². The second-order valence-electron chi connectivity index (χ2n) is 3.17. The third-order valence-electron chi connectivity index (χ3n) is 2.22. The second-order valence-corrected chi connectivity index (χ2v) is 3.66. The molecule has 1 heterocycles. The van der Waals surface area contributed by atoms with Crippen molar-refractivity contribution < 1.29 is 4.39 Å².